The summed E-state index contributed by atoms with van der Waals surface area (Å²) in [5.74, 6) is -0.197. The van der Waals surface area contributed by atoms with E-state index in [0.29, 0.717) is 12.1 Å². The van der Waals surface area contributed by atoms with Crippen molar-refractivity contribution < 1.29 is 9.50 Å². The number of hydrogen-bond donors (Lipinski definition) is 2. The molecule has 92 valence electrons. The zero-order valence-electron chi connectivity index (χ0n) is 9.64. The van der Waals surface area contributed by atoms with Gasteiger partial charge in [-0.1, -0.05) is 12.1 Å². The minimum atomic E-state index is -0.267. The van der Waals surface area contributed by atoms with Crippen molar-refractivity contribution in [2.75, 3.05) is 13.1 Å². The van der Waals surface area contributed by atoms with Gasteiger partial charge in [0.15, 0.2) is 0 Å². The minimum absolute atomic E-state index is 0.138. The summed E-state index contributed by atoms with van der Waals surface area (Å²) in [5, 5.41) is 9.56. The molecule has 3 rings (SSSR count). The summed E-state index contributed by atoms with van der Waals surface area (Å²) < 4.78 is 13.7. The van der Waals surface area contributed by atoms with Crippen LogP contribution in [-0.2, 0) is 6.42 Å². The van der Waals surface area contributed by atoms with Crippen molar-refractivity contribution in [1.82, 2.24) is 4.90 Å². The molecule has 17 heavy (non-hydrogen) atoms. The molecule has 4 heteroatoms. The normalized spacial score (nSPS) is 33.0. The maximum absolute atomic E-state index is 13.7. The maximum atomic E-state index is 13.7. The molecule has 0 unspecified atom stereocenters. The van der Waals surface area contributed by atoms with Crippen molar-refractivity contribution in [2.24, 2.45) is 5.73 Å². The fourth-order valence-electron chi connectivity index (χ4n) is 3.10. The highest BCUT2D eigenvalue weighted by Crippen LogP contribution is 2.35. The Labute approximate surface area is 100 Å². The fourth-order valence-corrected chi connectivity index (χ4v) is 3.10. The summed E-state index contributed by atoms with van der Waals surface area (Å²) in [5.41, 5.74) is 7.84. The maximum Gasteiger partial charge on any atom is 0.128 e. The third-order valence-corrected chi connectivity index (χ3v) is 3.98. The monoisotopic (exact) mass is 236 g/mol. The van der Waals surface area contributed by atoms with Crippen LogP contribution in [0, 0.1) is 5.82 Å². The molecule has 0 amide bonds. The summed E-state index contributed by atoms with van der Waals surface area (Å²) in [4.78, 5) is 2.19. The first-order valence-corrected chi connectivity index (χ1v) is 6.12. The van der Waals surface area contributed by atoms with Crippen LogP contribution in [0.25, 0.3) is 0 Å². The SMILES string of the molecule is N[C@@H]1c2c(F)cccc2C[C@H]1N1CC[C@@H](O)C1. The summed E-state index contributed by atoms with van der Waals surface area (Å²) >= 11 is 0. The number of likely N-dealkylation sites (tertiary alicyclic amines) is 1. The summed E-state index contributed by atoms with van der Waals surface area (Å²) in [6.45, 7) is 1.52. The Morgan fingerprint density at radius 1 is 1.41 bits per heavy atom. The van der Waals surface area contributed by atoms with Gasteiger partial charge in [-0.3, -0.25) is 4.90 Å². The molecule has 3 nitrogen and oxygen atoms in total. The van der Waals surface area contributed by atoms with Crippen molar-refractivity contribution in [1.29, 1.82) is 0 Å². The number of hydrogen-bond acceptors (Lipinski definition) is 3. The quantitative estimate of drug-likeness (QED) is 0.759. The van der Waals surface area contributed by atoms with Crippen LogP contribution in [-0.4, -0.2) is 35.2 Å². The zero-order valence-corrected chi connectivity index (χ0v) is 9.64. The van der Waals surface area contributed by atoms with Gasteiger partial charge in [-0.15, -0.1) is 0 Å². The van der Waals surface area contributed by atoms with E-state index >= 15 is 0 Å². The van der Waals surface area contributed by atoms with Crippen LogP contribution in [0.2, 0.25) is 0 Å². The molecule has 1 aromatic carbocycles. The van der Waals surface area contributed by atoms with Gasteiger partial charge >= 0.3 is 0 Å². The first-order valence-electron chi connectivity index (χ1n) is 6.12. The standard InChI is InChI=1S/C13H17FN2O/c14-10-3-1-2-8-6-11(13(15)12(8)10)16-5-4-9(17)7-16/h1-3,9,11,13,17H,4-7,15H2/t9-,11-,13+/m1/s1. The summed E-state index contributed by atoms with van der Waals surface area (Å²) in [6, 6.07) is 5.03. The first-order chi connectivity index (χ1) is 8.16. The smallest absolute Gasteiger partial charge is 0.128 e. The highest BCUT2D eigenvalue weighted by Gasteiger charge is 2.38. The fraction of sp³-hybridized carbons (Fsp3) is 0.538. The van der Waals surface area contributed by atoms with E-state index < -0.39 is 0 Å². The van der Waals surface area contributed by atoms with Crippen LogP contribution < -0.4 is 5.73 Å². The van der Waals surface area contributed by atoms with Crippen molar-refractivity contribution in [3.8, 4) is 0 Å². The van der Waals surface area contributed by atoms with Crippen LogP contribution in [0.15, 0.2) is 18.2 Å². The number of aliphatic hydroxyl groups is 1. The predicted molar refractivity (Wildman–Crippen MR) is 63.0 cm³/mol. The molecule has 1 fully saturated rings. The highest BCUT2D eigenvalue weighted by molar-refractivity contribution is 5.38. The van der Waals surface area contributed by atoms with E-state index in [1.165, 1.54) is 6.07 Å². The van der Waals surface area contributed by atoms with Crippen LogP contribution >= 0.6 is 0 Å². The summed E-state index contributed by atoms with van der Waals surface area (Å²) in [6.07, 6.45) is 1.33. The lowest BCUT2D eigenvalue weighted by Crippen LogP contribution is -2.40. The Balaban J connectivity index is 1.86. The van der Waals surface area contributed by atoms with Gasteiger partial charge in [0, 0.05) is 30.7 Å². The van der Waals surface area contributed by atoms with Crippen molar-refractivity contribution in [3.05, 3.63) is 35.1 Å². The van der Waals surface area contributed by atoms with E-state index in [9.17, 15) is 9.50 Å². The Kier molecular flexibility index (Phi) is 2.65. The number of benzene rings is 1. The van der Waals surface area contributed by atoms with E-state index in [2.05, 4.69) is 4.90 Å². The molecule has 1 aromatic rings. The molecule has 1 saturated heterocycles. The van der Waals surface area contributed by atoms with Gasteiger partial charge in [0.05, 0.1) is 6.10 Å². The largest absolute Gasteiger partial charge is 0.392 e. The Hall–Kier alpha value is -0.970. The van der Waals surface area contributed by atoms with E-state index in [1.807, 2.05) is 6.07 Å². The number of rotatable bonds is 1. The van der Waals surface area contributed by atoms with Crippen molar-refractivity contribution >= 4 is 0 Å². The van der Waals surface area contributed by atoms with Gasteiger partial charge < -0.3 is 10.8 Å². The number of aliphatic hydroxyl groups excluding tert-OH is 1. The first kappa shape index (κ1) is 11.1. The molecule has 1 aliphatic carbocycles. The molecule has 2 aliphatic rings. The number of nitrogens with zero attached hydrogens (tertiary/aromatic N) is 1. The molecular formula is C13H17FN2O. The van der Waals surface area contributed by atoms with Crippen molar-refractivity contribution in [3.63, 3.8) is 0 Å². The second kappa shape index (κ2) is 4.05. The lowest BCUT2D eigenvalue weighted by atomic mass is 10.1. The molecule has 0 spiro atoms. The van der Waals surface area contributed by atoms with Crippen LogP contribution in [0.4, 0.5) is 4.39 Å². The third-order valence-electron chi connectivity index (χ3n) is 3.98. The van der Waals surface area contributed by atoms with E-state index in [1.54, 1.807) is 6.07 Å². The van der Waals surface area contributed by atoms with E-state index in [-0.39, 0.29) is 24.0 Å². The lowest BCUT2D eigenvalue weighted by molar-refractivity contribution is 0.153. The van der Waals surface area contributed by atoms with E-state index in [0.717, 1.165) is 24.9 Å². The third kappa shape index (κ3) is 1.76. The van der Waals surface area contributed by atoms with Gasteiger partial charge in [-0.05, 0) is 24.5 Å². The van der Waals surface area contributed by atoms with Crippen LogP contribution in [0.3, 0.4) is 0 Å². The van der Waals surface area contributed by atoms with Gasteiger partial charge in [-0.2, -0.15) is 0 Å². The van der Waals surface area contributed by atoms with Gasteiger partial charge in [0.1, 0.15) is 5.82 Å². The molecule has 1 heterocycles. The molecule has 3 atom stereocenters. The summed E-state index contributed by atoms with van der Waals surface area (Å²) in [7, 11) is 0. The van der Waals surface area contributed by atoms with E-state index in [4.69, 9.17) is 5.73 Å². The number of halogens is 1. The zero-order chi connectivity index (χ0) is 12.0. The lowest BCUT2D eigenvalue weighted by Gasteiger charge is -2.27. The molecule has 0 radical (unpaired) electrons. The van der Waals surface area contributed by atoms with Crippen LogP contribution in [0.5, 0.6) is 0 Å². The highest BCUT2D eigenvalue weighted by atomic mass is 19.1. The van der Waals surface area contributed by atoms with Gasteiger partial charge in [0.25, 0.3) is 0 Å². The average molecular weight is 236 g/mol. The molecular weight excluding hydrogens is 219 g/mol. The molecule has 0 aromatic heterocycles. The number of fused-ring (bicyclic) bond motifs is 1. The van der Waals surface area contributed by atoms with Crippen LogP contribution in [0.1, 0.15) is 23.6 Å². The second-order valence-corrected chi connectivity index (χ2v) is 5.05. The molecule has 0 bridgehead atoms. The topological polar surface area (TPSA) is 49.5 Å². The second-order valence-electron chi connectivity index (χ2n) is 5.05. The number of nitrogens with two attached hydrogens (primary N) is 1. The number of β-amino-alcohol motifs (C(OH)–C–C–N with tert-alkyl or cyclic N) is 1. The minimum Gasteiger partial charge on any atom is -0.392 e. The van der Waals surface area contributed by atoms with Crippen molar-refractivity contribution in [2.45, 2.75) is 31.0 Å². The average Bonchev–Trinajstić information content (AvgIpc) is 2.84. The molecule has 1 aliphatic heterocycles. The Bertz CT molecular complexity index is 437. The van der Waals surface area contributed by atoms with Gasteiger partial charge in [0.2, 0.25) is 0 Å². The Morgan fingerprint density at radius 2 is 2.24 bits per heavy atom. The Morgan fingerprint density at radius 3 is 2.88 bits per heavy atom. The molecule has 3 N–H and O–H groups in total. The van der Waals surface area contributed by atoms with Gasteiger partial charge in [-0.25, -0.2) is 4.39 Å². The molecule has 0 saturated carbocycles. The predicted octanol–water partition coefficient (Wildman–Crippen LogP) is 0.817.